The van der Waals surface area contributed by atoms with Crippen LogP contribution in [0.1, 0.15) is 26.2 Å². The molecule has 2 unspecified atom stereocenters. The Balaban J connectivity index is 2.37. The van der Waals surface area contributed by atoms with Gasteiger partial charge in [0.15, 0.2) is 0 Å². The first kappa shape index (κ1) is 9.01. The summed E-state index contributed by atoms with van der Waals surface area (Å²) in [5, 5.41) is 0. The molecular formula is C9H20N2. The summed E-state index contributed by atoms with van der Waals surface area (Å²) in [7, 11) is 0. The molecule has 0 saturated heterocycles. The average molecular weight is 156 g/mol. The summed E-state index contributed by atoms with van der Waals surface area (Å²) in [6, 6.07) is 0. The summed E-state index contributed by atoms with van der Waals surface area (Å²) in [5.74, 6) is 2.32. The standard InChI is InChI=1S/C9H20N2/c1-7-2-8(5-10)4-9(3-7)6-11/h7-9H,2-6,10-11H2,1H3. The molecule has 0 amide bonds. The van der Waals surface area contributed by atoms with Gasteiger partial charge in [0.2, 0.25) is 0 Å². The highest BCUT2D eigenvalue weighted by Gasteiger charge is 2.24. The molecule has 2 nitrogen and oxygen atoms in total. The lowest BCUT2D eigenvalue weighted by molar-refractivity contribution is 0.216. The summed E-state index contributed by atoms with van der Waals surface area (Å²) in [6.45, 7) is 4.01. The van der Waals surface area contributed by atoms with Gasteiger partial charge in [0, 0.05) is 0 Å². The van der Waals surface area contributed by atoms with Gasteiger partial charge in [-0.1, -0.05) is 6.92 Å². The van der Waals surface area contributed by atoms with E-state index in [1.165, 1.54) is 19.3 Å². The van der Waals surface area contributed by atoms with Gasteiger partial charge in [0.1, 0.15) is 0 Å². The molecule has 0 bridgehead atoms. The quantitative estimate of drug-likeness (QED) is 0.625. The lowest BCUT2D eigenvalue weighted by Crippen LogP contribution is -2.30. The number of rotatable bonds is 2. The first-order valence-corrected chi connectivity index (χ1v) is 4.66. The molecule has 66 valence electrons. The predicted molar refractivity (Wildman–Crippen MR) is 48.1 cm³/mol. The molecule has 2 heteroatoms. The van der Waals surface area contributed by atoms with Crippen LogP contribution in [0, 0.1) is 17.8 Å². The van der Waals surface area contributed by atoms with E-state index < -0.39 is 0 Å². The van der Waals surface area contributed by atoms with Gasteiger partial charge in [-0.25, -0.2) is 0 Å². The van der Waals surface area contributed by atoms with E-state index in [0.717, 1.165) is 30.8 Å². The largest absolute Gasteiger partial charge is 0.330 e. The number of nitrogens with two attached hydrogens (primary N) is 2. The van der Waals surface area contributed by atoms with Gasteiger partial charge in [-0.15, -0.1) is 0 Å². The molecule has 2 atom stereocenters. The normalized spacial score (nSPS) is 39.0. The Labute approximate surface area is 69.3 Å². The van der Waals surface area contributed by atoms with Crippen LogP contribution >= 0.6 is 0 Å². The zero-order chi connectivity index (χ0) is 8.27. The summed E-state index contributed by atoms with van der Waals surface area (Å²) in [4.78, 5) is 0. The van der Waals surface area contributed by atoms with Crippen molar-refractivity contribution in [3.05, 3.63) is 0 Å². The van der Waals surface area contributed by atoms with Crippen molar-refractivity contribution < 1.29 is 0 Å². The fraction of sp³-hybridized carbons (Fsp3) is 1.00. The maximum Gasteiger partial charge on any atom is -0.00487 e. The molecule has 1 aliphatic rings. The van der Waals surface area contributed by atoms with Crippen LogP contribution in [0.3, 0.4) is 0 Å². The molecule has 4 N–H and O–H groups in total. The van der Waals surface area contributed by atoms with Crippen molar-refractivity contribution in [3.63, 3.8) is 0 Å². The fourth-order valence-electron chi connectivity index (χ4n) is 2.28. The zero-order valence-corrected chi connectivity index (χ0v) is 7.42. The smallest absolute Gasteiger partial charge is 0.00487 e. The van der Waals surface area contributed by atoms with Crippen LogP contribution in [0.4, 0.5) is 0 Å². The fourth-order valence-corrected chi connectivity index (χ4v) is 2.28. The maximum absolute atomic E-state index is 5.64. The Hall–Kier alpha value is -0.0800. The summed E-state index contributed by atoms with van der Waals surface area (Å²) >= 11 is 0. The monoisotopic (exact) mass is 156 g/mol. The van der Waals surface area contributed by atoms with E-state index in [2.05, 4.69) is 6.92 Å². The molecule has 0 aromatic rings. The Bertz CT molecular complexity index is 102. The third-order valence-electron chi connectivity index (χ3n) is 2.80. The molecule has 0 radical (unpaired) electrons. The molecule has 1 saturated carbocycles. The van der Waals surface area contributed by atoms with Crippen LogP contribution in [-0.2, 0) is 0 Å². The molecule has 1 rings (SSSR count). The van der Waals surface area contributed by atoms with Crippen molar-refractivity contribution in [2.24, 2.45) is 29.2 Å². The summed E-state index contributed by atoms with van der Waals surface area (Å²) in [6.07, 6.45) is 3.89. The van der Waals surface area contributed by atoms with Gasteiger partial charge >= 0.3 is 0 Å². The number of hydrogen-bond acceptors (Lipinski definition) is 2. The van der Waals surface area contributed by atoms with Crippen LogP contribution in [0.25, 0.3) is 0 Å². The predicted octanol–water partition coefficient (Wildman–Crippen LogP) is 0.956. The van der Waals surface area contributed by atoms with Crippen LogP contribution in [0.5, 0.6) is 0 Å². The van der Waals surface area contributed by atoms with Crippen molar-refractivity contribution in [1.82, 2.24) is 0 Å². The van der Waals surface area contributed by atoms with Gasteiger partial charge in [-0.05, 0) is 50.1 Å². The third kappa shape index (κ3) is 2.46. The average Bonchev–Trinajstić information content (AvgIpc) is 2.03. The SMILES string of the molecule is CC1CC(CN)CC(CN)C1. The minimum atomic E-state index is 0.743. The first-order chi connectivity index (χ1) is 5.26. The van der Waals surface area contributed by atoms with Gasteiger partial charge in [0.25, 0.3) is 0 Å². The van der Waals surface area contributed by atoms with Crippen LogP contribution in [0.2, 0.25) is 0 Å². The second-order valence-corrected chi connectivity index (χ2v) is 4.02. The maximum atomic E-state index is 5.64. The van der Waals surface area contributed by atoms with Crippen molar-refractivity contribution in [2.75, 3.05) is 13.1 Å². The van der Waals surface area contributed by atoms with E-state index in [9.17, 15) is 0 Å². The highest BCUT2D eigenvalue weighted by Crippen LogP contribution is 2.31. The second kappa shape index (κ2) is 4.07. The Morgan fingerprint density at radius 3 is 1.82 bits per heavy atom. The Kier molecular flexibility index (Phi) is 3.34. The van der Waals surface area contributed by atoms with Crippen molar-refractivity contribution in [3.8, 4) is 0 Å². The van der Waals surface area contributed by atoms with Gasteiger partial charge in [-0.3, -0.25) is 0 Å². The Morgan fingerprint density at radius 2 is 1.45 bits per heavy atom. The first-order valence-electron chi connectivity index (χ1n) is 4.66. The van der Waals surface area contributed by atoms with Gasteiger partial charge in [-0.2, -0.15) is 0 Å². The molecule has 0 aliphatic heterocycles. The zero-order valence-electron chi connectivity index (χ0n) is 7.42. The van der Waals surface area contributed by atoms with Gasteiger partial charge in [0.05, 0.1) is 0 Å². The van der Waals surface area contributed by atoms with Crippen molar-refractivity contribution >= 4 is 0 Å². The molecule has 1 aliphatic carbocycles. The van der Waals surface area contributed by atoms with E-state index in [0.29, 0.717) is 0 Å². The highest BCUT2D eigenvalue weighted by atomic mass is 14.6. The number of hydrogen-bond donors (Lipinski definition) is 2. The minimum Gasteiger partial charge on any atom is -0.330 e. The molecular weight excluding hydrogens is 136 g/mol. The highest BCUT2D eigenvalue weighted by molar-refractivity contribution is 4.77. The summed E-state index contributed by atoms with van der Waals surface area (Å²) < 4.78 is 0. The van der Waals surface area contributed by atoms with Gasteiger partial charge < -0.3 is 11.5 Å². The van der Waals surface area contributed by atoms with Crippen LogP contribution < -0.4 is 11.5 Å². The molecule has 0 aromatic carbocycles. The molecule has 0 heterocycles. The van der Waals surface area contributed by atoms with E-state index in [-0.39, 0.29) is 0 Å². The molecule has 11 heavy (non-hydrogen) atoms. The summed E-state index contributed by atoms with van der Waals surface area (Å²) in [5.41, 5.74) is 11.3. The Morgan fingerprint density at radius 1 is 1.00 bits per heavy atom. The van der Waals surface area contributed by atoms with E-state index in [4.69, 9.17) is 11.5 Å². The van der Waals surface area contributed by atoms with Crippen LogP contribution in [0.15, 0.2) is 0 Å². The van der Waals surface area contributed by atoms with E-state index >= 15 is 0 Å². The van der Waals surface area contributed by atoms with E-state index in [1.54, 1.807) is 0 Å². The lowest BCUT2D eigenvalue weighted by atomic mass is 9.76. The van der Waals surface area contributed by atoms with Crippen molar-refractivity contribution in [1.29, 1.82) is 0 Å². The molecule has 1 fully saturated rings. The third-order valence-corrected chi connectivity index (χ3v) is 2.80. The molecule has 0 spiro atoms. The lowest BCUT2D eigenvalue weighted by Gasteiger charge is -2.31. The second-order valence-electron chi connectivity index (χ2n) is 4.02. The molecule has 0 aromatic heterocycles. The van der Waals surface area contributed by atoms with Crippen molar-refractivity contribution in [2.45, 2.75) is 26.2 Å². The topological polar surface area (TPSA) is 52.0 Å². The van der Waals surface area contributed by atoms with E-state index in [1.807, 2.05) is 0 Å². The van der Waals surface area contributed by atoms with Crippen LogP contribution in [-0.4, -0.2) is 13.1 Å². The minimum absolute atomic E-state index is 0.743.